The predicted octanol–water partition coefficient (Wildman–Crippen LogP) is 5.96. The number of fused-ring (bicyclic) bond motifs is 1. The lowest BCUT2D eigenvalue weighted by Gasteiger charge is -2.18. The van der Waals surface area contributed by atoms with Gasteiger partial charge in [-0.1, -0.05) is 6.92 Å². The van der Waals surface area contributed by atoms with Gasteiger partial charge in [-0.15, -0.1) is 0 Å². The molecule has 0 amide bonds. The number of nitrogens with zero attached hydrogens (tertiary/aromatic N) is 4. The highest BCUT2D eigenvalue weighted by Gasteiger charge is 2.22. The van der Waals surface area contributed by atoms with Crippen LogP contribution >= 0.6 is 0 Å². The van der Waals surface area contributed by atoms with Crippen molar-refractivity contribution < 1.29 is 9.47 Å². The topological polar surface area (TPSA) is 74.1 Å². The summed E-state index contributed by atoms with van der Waals surface area (Å²) < 4.78 is 13.6. The van der Waals surface area contributed by atoms with Crippen molar-refractivity contribution >= 4 is 16.7 Å². The summed E-state index contributed by atoms with van der Waals surface area (Å²) in [5.74, 6) is 1.38. The quantitative estimate of drug-likeness (QED) is 0.333. The zero-order valence-electron chi connectivity index (χ0n) is 20.8. The molecule has 34 heavy (non-hydrogen) atoms. The van der Waals surface area contributed by atoms with E-state index in [4.69, 9.17) is 14.5 Å². The lowest BCUT2D eigenvalue weighted by atomic mass is 10.1. The van der Waals surface area contributed by atoms with Gasteiger partial charge in [0.05, 0.1) is 53.9 Å². The Kier molecular flexibility index (Phi) is 7.01. The fourth-order valence-electron chi connectivity index (χ4n) is 4.48. The lowest BCUT2D eigenvalue weighted by Crippen LogP contribution is -2.09. The Labute approximate surface area is 201 Å². The van der Waals surface area contributed by atoms with Crippen LogP contribution in [0.15, 0.2) is 42.7 Å². The minimum Gasteiger partial charge on any atom is -0.497 e. The first-order valence-corrected chi connectivity index (χ1v) is 11.8. The normalized spacial score (nSPS) is 11.3. The first-order chi connectivity index (χ1) is 16.5. The van der Waals surface area contributed by atoms with Gasteiger partial charge in [-0.25, -0.2) is 9.97 Å². The Hall–Kier alpha value is -3.61. The maximum atomic E-state index is 5.82. The van der Waals surface area contributed by atoms with Crippen LogP contribution in [0.4, 0.5) is 5.69 Å². The summed E-state index contributed by atoms with van der Waals surface area (Å²) in [5, 5.41) is 3.64. The van der Waals surface area contributed by atoms with Gasteiger partial charge in [-0.2, -0.15) is 0 Å². The van der Waals surface area contributed by atoms with E-state index in [1.54, 1.807) is 19.5 Å². The molecule has 0 spiro atoms. The van der Waals surface area contributed by atoms with Crippen LogP contribution in [0.1, 0.15) is 50.7 Å². The van der Waals surface area contributed by atoms with Gasteiger partial charge in [0.2, 0.25) is 5.88 Å². The van der Waals surface area contributed by atoms with Gasteiger partial charge < -0.3 is 19.4 Å². The Bertz CT molecular complexity index is 1300. The number of rotatable bonds is 9. The van der Waals surface area contributed by atoms with Crippen LogP contribution < -0.4 is 14.8 Å². The summed E-state index contributed by atoms with van der Waals surface area (Å²) in [7, 11) is 1.67. The van der Waals surface area contributed by atoms with Gasteiger partial charge in [0.1, 0.15) is 5.75 Å². The van der Waals surface area contributed by atoms with Crippen LogP contribution in [0.25, 0.3) is 22.3 Å². The van der Waals surface area contributed by atoms with Crippen molar-refractivity contribution in [3.8, 4) is 22.9 Å². The second-order valence-electron chi connectivity index (χ2n) is 8.47. The monoisotopic (exact) mass is 459 g/mol. The van der Waals surface area contributed by atoms with E-state index in [-0.39, 0.29) is 0 Å². The molecule has 4 aromatic rings. The van der Waals surface area contributed by atoms with Crippen molar-refractivity contribution in [1.82, 2.24) is 19.5 Å². The maximum Gasteiger partial charge on any atom is 0.222 e. The molecular weight excluding hydrogens is 426 g/mol. The number of pyridine rings is 3. The standard InChI is InChI=1S/C27H33N5O2/c1-7-24-18(5)25-26(32(24)17(3)4)23(30-16-19-14-20(33-6)11-13-28-19)15-22(31-25)21-10-9-12-29-27(21)34-8-2/h9-15,17H,7-8,16H2,1-6H3,(H,30,31). The molecule has 0 radical (unpaired) electrons. The van der Waals surface area contributed by atoms with E-state index in [9.17, 15) is 0 Å². The largest absolute Gasteiger partial charge is 0.497 e. The number of aromatic nitrogens is 4. The third-order valence-corrected chi connectivity index (χ3v) is 5.98. The predicted molar refractivity (Wildman–Crippen MR) is 137 cm³/mol. The summed E-state index contributed by atoms with van der Waals surface area (Å²) in [6.45, 7) is 11.9. The zero-order valence-corrected chi connectivity index (χ0v) is 20.8. The molecule has 7 nitrogen and oxygen atoms in total. The number of nitrogens with one attached hydrogen (secondary N) is 1. The minimum absolute atomic E-state index is 0.298. The number of methoxy groups -OCH3 is 1. The number of aryl methyl sites for hydroxylation is 1. The molecule has 7 heteroatoms. The Morgan fingerprint density at radius 3 is 2.62 bits per heavy atom. The highest BCUT2D eigenvalue weighted by atomic mass is 16.5. The first kappa shape index (κ1) is 23.5. The van der Waals surface area contributed by atoms with Crippen molar-refractivity contribution in [2.24, 2.45) is 0 Å². The van der Waals surface area contributed by atoms with E-state index in [0.29, 0.717) is 25.1 Å². The summed E-state index contributed by atoms with van der Waals surface area (Å²) >= 11 is 0. The molecule has 0 fully saturated rings. The van der Waals surface area contributed by atoms with E-state index in [0.717, 1.165) is 45.8 Å². The van der Waals surface area contributed by atoms with Gasteiger partial charge in [0.25, 0.3) is 0 Å². The smallest absolute Gasteiger partial charge is 0.222 e. The number of hydrogen-bond acceptors (Lipinski definition) is 6. The first-order valence-electron chi connectivity index (χ1n) is 11.8. The fraction of sp³-hybridized carbons (Fsp3) is 0.370. The van der Waals surface area contributed by atoms with Gasteiger partial charge in [0, 0.05) is 30.2 Å². The van der Waals surface area contributed by atoms with E-state index in [2.05, 4.69) is 53.6 Å². The Morgan fingerprint density at radius 2 is 1.91 bits per heavy atom. The second-order valence-corrected chi connectivity index (χ2v) is 8.47. The summed E-state index contributed by atoms with van der Waals surface area (Å²) in [6, 6.07) is 10.1. The summed E-state index contributed by atoms with van der Waals surface area (Å²) in [6.07, 6.45) is 4.45. The Balaban J connectivity index is 1.90. The van der Waals surface area contributed by atoms with E-state index < -0.39 is 0 Å². The molecule has 0 saturated carbocycles. The molecule has 4 rings (SSSR count). The van der Waals surface area contributed by atoms with Crippen molar-refractivity contribution in [1.29, 1.82) is 0 Å². The molecule has 0 aliphatic carbocycles. The van der Waals surface area contributed by atoms with Crippen molar-refractivity contribution in [3.63, 3.8) is 0 Å². The van der Waals surface area contributed by atoms with Gasteiger partial charge in [-0.05, 0) is 63.9 Å². The molecule has 0 saturated heterocycles. The highest BCUT2D eigenvalue weighted by molar-refractivity contribution is 5.95. The zero-order chi connectivity index (χ0) is 24.2. The van der Waals surface area contributed by atoms with Crippen molar-refractivity contribution in [2.75, 3.05) is 19.0 Å². The number of ether oxygens (including phenoxy) is 2. The molecule has 4 aromatic heterocycles. The highest BCUT2D eigenvalue weighted by Crippen LogP contribution is 2.37. The molecule has 0 aliphatic heterocycles. The van der Waals surface area contributed by atoms with Gasteiger partial charge >= 0.3 is 0 Å². The van der Waals surface area contributed by atoms with E-state index >= 15 is 0 Å². The maximum absolute atomic E-state index is 5.82. The van der Waals surface area contributed by atoms with Gasteiger partial charge in [0.15, 0.2) is 0 Å². The number of anilines is 1. The second kappa shape index (κ2) is 10.1. The third kappa shape index (κ3) is 4.42. The van der Waals surface area contributed by atoms with Crippen LogP contribution in [0.2, 0.25) is 0 Å². The molecule has 0 atom stereocenters. The van der Waals surface area contributed by atoms with Crippen LogP contribution in [-0.2, 0) is 13.0 Å². The Morgan fingerprint density at radius 1 is 1.09 bits per heavy atom. The molecule has 0 aromatic carbocycles. The van der Waals surface area contributed by atoms with Crippen molar-refractivity contribution in [3.05, 3.63) is 59.7 Å². The number of hydrogen-bond donors (Lipinski definition) is 1. The third-order valence-electron chi connectivity index (χ3n) is 5.98. The minimum atomic E-state index is 0.298. The SMILES string of the molecule is CCOc1ncccc1-c1cc(NCc2cc(OC)ccn2)c2c(n1)c(C)c(CC)n2C(C)C. The lowest BCUT2D eigenvalue weighted by molar-refractivity contribution is 0.328. The van der Waals surface area contributed by atoms with Crippen LogP contribution in [0.5, 0.6) is 11.6 Å². The summed E-state index contributed by atoms with van der Waals surface area (Å²) in [4.78, 5) is 14.1. The van der Waals surface area contributed by atoms with Crippen LogP contribution in [-0.4, -0.2) is 33.2 Å². The van der Waals surface area contributed by atoms with Crippen molar-refractivity contribution in [2.45, 2.75) is 53.6 Å². The molecule has 0 unspecified atom stereocenters. The molecule has 0 aliphatic rings. The molecule has 0 bridgehead atoms. The van der Waals surface area contributed by atoms with Gasteiger partial charge in [-0.3, -0.25) is 4.98 Å². The molecule has 4 heterocycles. The molecule has 1 N–H and O–H groups in total. The average molecular weight is 460 g/mol. The van der Waals surface area contributed by atoms with E-state index in [1.165, 1.54) is 11.3 Å². The molecular formula is C27H33N5O2. The van der Waals surface area contributed by atoms with Crippen LogP contribution in [0, 0.1) is 6.92 Å². The van der Waals surface area contributed by atoms with Crippen LogP contribution in [0.3, 0.4) is 0 Å². The summed E-state index contributed by atoms with van der Waals surface area (Å²) in [5.41, 5.74) is 8.23. The fourth-order valence-corrected chi connectivity index (χ4v) is 4.48. The molecule has 178 valence electrons. The average Bonchev–Trinajstić information content (AvgIpc) is 3.15. The van der Waals surface area contributed by atoms with E-state index in [1.807, 2.05) is 31.2 Å².